The molecule has 0 aliphatic carbocycles. The molecule has 2 heterocycles. The van der Waals surface area contributed by atoms with E-state index in [2.05, 4.69) is 10.3 Å². The smallest absolute Gasteiger partial charge is 0.253 e. The highest BCUT2D eigenvalue weighted by Gasteiger charge is 2.23. The van der Waals surface area contributed by atoms with Crippen molar-refractivity contribution >= 4 is 11.8 Å². The second-order valence-electron chi connectivity index (χ2n) is 5.97. The van der Waals surface area contributed by atoms with Crippen LogP contribution in [-0.4, -0.2) is 49.0 Å². The zero-order valence-electron chi connectivity index (χ0n) is 14.8. The molecule has 0 saturated heterocycles. The average molecular weight is 355 g/mol. The van der Waals surface area contributed by atoms with Gasteiger partial charge in [0.2, 0.25) is 5.91 Å². The van der Waals surface area contributed by atoms with Gasteiger partial charge in [0, 0.05) is 25.5 Å². The molecule has 1 aliphatic rings. The van der Waals surface area contributed by atoms with Crippen LogP contribution in [0.25, 0.3) is 0 Å². The number of rotatable bonds is 5. The van der Waals surface area contributed by atoms with Gasteiger partial charge in [-0.3, -0.25) is 14.6 Å². The number of carbonyl (C=O) groups is 2. The summed E-state index contributed by atoms with van der Waals surface area (Å²) in [7, 11) is 3.19. The van der Waals surface area contributed by atoms with E-state index in [1.807, 2.05) is 12.1 Å². The third-order valence-electron chi connectivity index (χ3n) is 4.39. The maximum Gasteiger partial charge on any atom is 0.253 e. The molecule has 2 aromatic rings. The van der Waals surface area contributed by atoms with Gasteiger partial charge in [0.1, 0.15) is 0 Å². The molecule has 1 aromatic carbocycles. The van der Waals surface area contributed by atoms with Crippen molar-refractivity contribution in [3.8, 4) is 11.5 Å². The molecule has 0 spiro atoms. The molecule has 26 heavy (non-hydrogen) atoms. The van der Waals surface area contributed by atoms with Crippen LogP contribution in [0, 0.1) is 0 Å². The molecule has 1 N–H and O–H groups in total. The molecule has 1 aromatic heterocycles. The molecule has 0 atom stereocenters. The van der Waals surface area contributed by atoms with Crippen molar-refractivity contribution in [2.24, 2.45) is 0 Å². The number of nitrogens with zero attached hydrogens (tertiary/aromatic N) is 2. The van der Waals surface area contributed by atoms with Crippen LogP contribution in [0.5, 0.6) is 11.5 Å². The Labute approximate surface area is 151 Å². The Bertz CT molecular complexity index is 808. The minimum Gasteiger partial charge on any atom is -0.493 e. The molecule has 1 aliphatic heterocycles. The number of amides is 2. The Hall–Kier alpha value is -3.09. The SMILES string of the molecule is COc1cc2c(cc1OC)CN(C(=O)CNC(=O)c1cccnc1)CC2. The summed E-state index contributed by atoms with van der Waals surface area (Å²) in [4.78, 5) is 30.1. The molecule has 0 fully saturated rings. The van der Waals surface area contributed by atoms with Crippen LogP contribution in [0.3, 0.4) is 0 Å². The number of ether oxygens (including phenoxy) is 2. The Kier molecular flexibility index (Phi) is 5.36. The van der Waals surface area contributed by atoms with Crippen molar-refractivity contribution in [3.05, 3.63) is 53.3 Å². The van der Waals surface area contributed by atoms with Gasteiger partial charge in [0.25, 0.3) is 5.91 Å². The monoisotopic (exact) mass is 355 g/mol. The normalized spacial score (nSPS) is 12.9. The van der Waals surface area contributed by atoms with E-state index in [-0.39, 0.29) is 18.4 Å². The van der Waals surface area contributed by atoms with E-state index in [9.17, 15) is 9.59 Å². The molecule has 7 nitrogen and oxygen atoms in total. The number of pyridine rings is 1. The summed E-state index contributed by atoms with van der Waals surface area (Å²) >= 11 is 0. The van der Waals surface area contributed by atoms with Gasteiger partial charge in [-0.1, -0.05) is 0 Å². The van der Waals surface area contributed by atoms with Crippen molar-refractivity contribution in [3.63, 3.8) is 0 Å². The lowest BCUT2D eigenvalue weighted by molar-refractivity contribution is -0.131. The lowest BCUT2D eigenvalue weighted by atomic mass is 9.98. The van der Waals surface area contributed by atoms with E-state index < -0.39 is 0 Å². The number of aromatic nitrogens is 1. The van der Waals surface area contributed by atoms with Crippen LogP contribution in [0.15, 0.2) is 36.7 Å². The van der Waals surface area contributed by atoms with Crippen LogP contribution >= 0.6 is 0 Å². The van der Waals surface area contributed by atoms with Crippen molar-refractivity contribution in [2.75, 3.05) is 27.3 Å². The fraction of sp³-hybridized carbons (Fsp3) is 0.316. The van der Waals surface area contributed by atoms with Crippen molar-refractivity contribution in [2.45, 2.75) is 13.0 Å². The summed E-state index contributed by atoms with van der Waals surface area (Å²) in [6.07, 6.45) is 3.80. The van der Waals surface area contributed by atoms with Gasteiger partial charge < -0.3 is 19.7 Å². The van der Waals surface area contributed by atoms with E-state index in [0.29, 0.717) is 30.2 Å². The Morgan fingerprint density at radius 3 is 2.58 bits per heavy atom. The summed E-state index contributed by atoms with van der Waals surface area (Å²) in [6, 6.07) is 7.20. The third-order valence-corrected chi connectivity index (χ3v) is 4.39. The number of methoxy groups -OCH3 is 2. The van der Waals surface area contributed by atoms with E-state index in [1.54, 1.807) is 37.4 Å². The lowest BCUT2D eigenvalue weighted by Crippen LogP contribution is -2.42. The van der Waals surface area contributed by atoms with Gasteiger partial charge in [-0.2, -0.15) is 0 Å². The maximum atomic E-state index is 12.5. The molecule has 136 valence electrons. The minimum atomic E-state index is -0.310. The summed E-state index contributed by atoms with van der Waals surface area (Å²) in [5.74, 6) is 0.901. The lowest BCUT2D eigenvalue weighted by Gasteiger charge is -2.29. The standard InChI is InChI=1S/C19H21N3O4/c1-25-16-8-13-5-7-22(12-15(13)9-17(16)26-2)18(23)11-21-19(24)14-4-3-6-20-10-14/h3-4,6,8-10H,5,7,11-12H2,1-2H3,(H,21,24). The minimum absolute atomic E-state index is 0.0453. The number of fused-ring (bicyclic) bond motifs is 1. The summed E-state index contributed by atoms with van der Waals surface area (Å²) < 4.78 is 10.7. The van der Waals surface area contributed by atoms with Crippen LogP contribution in [0.4, 0.5) is 0 Å². The van der Waals surface area contributed by atoms with E-state index in [1.165, 1.54) is 6.20 Å². The van der Waals surface area contributed by atoms with Gasteiger partial charge in [-0.15, -0.1) is 0 Å². The second kappa shape index (κ2) is 7.86. The van der Waals surface area contributed by atoms with Gasteiger partial charge >= 0.3 is 0 Å². The van der Waals surface area contributed by atoms with E-state index in [4.69, 9.17) is 9.47 Å². The Morgan fingerprint density at radius 2 is 1.92 bits per heavy atom. The topological polar surface area (TPSA) is 80.8 Å². The van der Waals surface area contributed by atoms with E-state index >= 15 is 0 Å². The first-order valence-electron chi connectivity index (χ1n) is 8.32. The molecule has 0 unspecified atom stereocenters. The number of carbonyl (C=O) groups excluding carboxylic acids is 2. The first-order valence-corrected chi connectivity index (χ1v) is 8.32. The highest BCUT2D eigenvalue weighted by Crippen LogP contribution is 2.33. The number of hydrogen-bond donors (Lipinski definition) is 1. The highest BCUT2D eigenvalue weighted by molar-refractivity contribution is 5.96. The molecule has 3 rings (SSSR count). The Balaban J connectivity index is 1.63. The van der Waals surface area contributed by atoms with Crippen LogP contribution in [-0.2, 0) is 17.8 Å². The summed E-state index contributed by atoms with van der Waals surface area (Å²) in [5, 5.41) is 2.65. The zero-order chi connectivity index (χ0) is 18.5. The molecule has 2 amide bonds. The Morgan fingerprint density at radius 1 is 1.19 bits per heavy atom. The summed E-state index contributed by atoms with van der Waals surface area (Å²) in [5.41, 5.74) is 2.60. The molecule has 0 radical (unpaired) electrons. The molecule has 0 bridgehead atoms. The second-order valence-corrected chi connectivity index (χ2v) is 5.97. The first kappa shape index (κ1) is 17.7. The van der Waals surface area contributed by atoms with E-state index in [0.717, 1.165) is 17.5 Å². The molecule has 0 saturated carbocycles. The fourth-order valence-corrected chi connectivity index (χ4v) is 2.96. The van der Waals surface area contributed by atoms with Crippen LogP contribution < -0.4 is 14.8 Å². The first-order chi connectivity index (χ1) is 12.6. The van der Waals surface area contributed by atoms with Gasteiger partial charge in [-0.25, -0.2) is 0 Å². The predicted octanol–water partition coefficient (Wildman–Crippen LogP) is 1.41. The third kappa shape index (κ3) is 3.77. The van der Waals surface area contributed by atoms with Crippen LogP contribution in [0.1, 0.15) is 21.5 Å². The average Bonchev–Trinajstić information content (AvgIpc) is 2.70. The molecule has 7 heteroatoms. The molecular formula is C19H21N3O4. The number of benzene rings is 1. The largest absolute Gasteiger partial charge is 0.493 e. The maximum absolute atomic E-state index is 12.5. The number of hydrogen-bond acceptors (Lipinski definition) is 5. The van der Waals surface area contributed by atoms with Gasteiger partial charge in [0.15, 0.2) is 11.5 Å². The van der Waals surface area contributed by atoms with Crippen LogP contribution in [0.2, 0.25) is 0 Å². The highest BCUT2D eigenvalue weighted by atomic mass is 16.5. The van der Waals surface area contributed by atoms with Crippen molar-refractivity contribution < 1.29 is 19.1 Å². The van der Waals surface area contributed by atoms with Gasteiger partial charge in [0.05, 0.1) is 26.3 Å². The zero-order valence-corrected chi connectivity index (χ0v) is 14.8. The quantitative estimate of drug-likeness (QED) is 0.877. The number of nitrogens with one attached hydrogen (secondary N) is 1. The molecular weight excluding hydrogens is 334 g/mol. The van der Waals surface area contributed by atoms with Crippen molar-refractivity contribution in [1.29, 1.82) is 0 Å². The predicted molar refractivity (Wildman–Crippen MR) is 95.2 cm³/mol. The fourth-order valence-electron chi connectivity index (χ4n) is 2.96. The van der Waals surface area contributed by atoms with Crippen molar-refractivity contribution in [1.82, 2.24) is 15.2 Å². The van der Waals surface area contributed by atoms with Gasteiger partial charge in [-0.05, 0) is 41.8 Å². The summed E-state index contributed by atoms with van der Waals surface area (Å²) in [6.45, 7) is 1.04.